The van der Waals surface area contributed by atoms with E-state index in [9.17, 15) is 13.2 Å². The Hall–Kier alpha value is -2.22. The van der Waals surface area contributed by atoms with Gasteiger partial charge in [-0.3, -0.25) is 4.79 Å². The van der Waals surface area contributed by atoms with Crippen LogP contribution in [0.15, 0.2) is 53.4 Å². The first-order valence-electron chi connectivity index (χ1n) is 9.40. The Kier molecular flexibility index (Phi) is 6.17. The molecule has 2 N–H and O–H groups in total. The maximum absolute atomic E-state index is 13.0. The molecular weight excluding hydrogens is 374 g/mol. The summed E-state index contributed by atoms with van der Waals surface area (Å²) >= 11 is 0. The van der Waals surface area contributed by atoms with Crippen LogP contribution in [0.25, 0.3) is 0 Å². The molecule has 2 aromatic rings. The highest BCUT2D eigenvalue weighted by molar-refractivity contribution is 7.89. The molecule has 1 aliphatic rings. The predicted molar refractivity (Wildman–Crippen MR) is 110 cm³/mol. The van der Waals surface area contributed by atoms with Crippen LogP contribution in [-0.4, -0.2) is 45.9 Å². The maximum atomic E-state index is 13.0. The van der Waals surface area contributed by atoms with Gasteiger partial charge in [-0.2, -0.15) is 0 Å². The van der Waals surface area contributed by atoms with E-state index >= 15 is 0 Å². The van der Waals surface area contributed by atoms with Crippen LogP contribution in [0.3, 0.4) is 0 Å². The minimum atomic E-state index is -3.61. The lowest BCUT2D eigenvalue weighted by molar-refractivity contribution is 0.0929. The predicted octanol–water partition coefficient (Wildman–Crippen LogP) is 2.47. The molecule has 0 saturated heterocycles. The molecular formula is C21H27N3O3S. The van der Waals surface area contributed by atoms with Crippen molar-refractivity contribution in [3.8, 4) is 0 Å². The van der Waals surface area contributed by atoms with Gasteiger partial charge in [0.2, 0.25) is 10.0 Å². The Balaban J connectivity index is 1.85. The summed E-state index contributed by atoms with van der Waals surface area (Å²) in [5.74, 6) is -0.281. The number of hydrogen-bond acceptors (Lipinski definition) is 4. The Morgan fingerprint density at radius 2 is 1.82 bits per heavy atom. The van der Waals surface area contributed by atoms with Crippen molar-refractivity contribution < 1.29 is 13.2 Å². The fourth-order valence-corrected chi connectivity index (χ4v) is 4.35. The summed E-state index contributed by atoms with van der Waals surface area (Å²) in [7, 11) is 0.289. The van der Waals surface area contributed by atoms with Gasteiger partial charge >= 0.3 is 0 Å². The minimum Gasteiger partial charge on any atom is -0.344 e. The van der Waals surface area contributed by atoms with Crippen LogP contribution in [0.5, 0.6) is 0 Å². The Bertz CT molecular complexity index is 939. The molecule has 0 aliphatic heterocycles. The molecule has 2 aromatic carbocycles. The number of sulfonamides is 1. The zero-order valence-electron chi connectivity index (χ0n) is 16.5. The van der Waals surface area contributed by atoms with Crippen LogP contribution in [0.2, 0.25) is 0 Å². The molecule has 0 radical (unpaired) electrons. The van der Waals surface area contributed by atoms with Crippen molar-refractivity contribution in [3.05, 3.63) is 65.2 Å². The molecule has 3 rings (SSSR count). The number of aryl methyl sites for hydroxylation is 1. The molecule has 1 amide bonds. The largest absolute Gasteiger partial charge is 0.344 e. The third kappa shape index (κ3) is 5.19. The highest BCUT2D eigenvalue weighted by Gasteiger charge is 2.28. The molecule has 0 heterocycles. The van der Waals surface area contributed by atoms with E-state index in [0.29, 0.717) is 12.1 Å². The second kappa shape index (κ2) is 8.43. The number of carbonyl (C=O) groups excluding carboxylic acids is 1. The normalized spacial score (nSPS) is 15.4. The van der Waals surface area contributed by atoms with Gasteiger partial charge in [-0.1, -0.05) is 36.4 Å². The molecule has 1 fully saturated rings. The van der Waals surface area contributed by atoms with Gasteiger partial charge in [-0.15, -0.1) is 0 Å². The number of benzene rings is 2. The Morgan fingerprint density at radius 1 is 1.14 bits per heavy atom. The van der Waals surface area contributed by atoms with Crippen molar-refractivity contribution in [3.63, 3.8) is 0 Å². The Morgan fingerprint density at radius 3 is 2.43 bits per heavy atom. The monoisotopic (exact) mass is 401 g/mol. The zero-order valence-corrected chi connectivity index (χ0v) is 17.3. The van der Waals surface area contributed by atoms with Crippen LogP contribution in [0.1, 0.15) is 40.4 Å². The van der Waals surface area contributed by atoms with Gasteiger partial charge in [0.05, 0.1) is 10.9 Å². The molecule has 1 aliphatic carbocycles. The first-order valence-corrected chi connectivity index (χ1v) is 10.9. The van der Waals surface area contributed by atoms with Crippen LogP contribution >= 0.6 is 0 Å². The molecule has 0 spiro atoms. The van der Waals surface area contributed by atoms with Crippen molar-refractivity contribution in [2.75, 3.05) is 20.6 Å². The number of amides is 1. The Labute approximate surface area is 167 Å². The molecule has 7 heteroatoms. The number of hydrogen-bond donors (Lipinski definition) is 2. The second-order valence-electron chi connectivity index (χ2n) is 7.57. The van der Waals surface area contributed by atoms with Crippen LogP contribution in [0, 0.1) is 6.92 Å². The summed E-state index contributed by atoms with van der Waals surface area (Å²) in [4.78, 5) is 15.1. The van der Waals surface area contributed by atoms with Crippen molar-refractivity contribution in [1.82, 2.24) is 14.9 Å². The van der Waals surface area contributed by atoms with Gasteiger partial charge in [0.15, 0.2) is 0 Å². The van der Waals surface area contributed by atoms with E-state index in [1.165, 1.54) is 6.07 Å². The molecule has 0 aromatic heterocycles. The fraction of sp³-hybridized carbons (Fsp3) is 0.381. The molecule has 28 heavy (non-hydrogen) atoms. The number of likely N-dealkylation sites (N-methyl/N-ethyl adjacent to an activating group) is 1. The smallest absolute Gasteiger partial charge is 0.252 e. The van der Waals surface area contributed by atoms with Gasteiger partial charge in [-0.25, -0.2) is 13.1 Å². The van der Waals surface area contributed by atoms with Gasteiger partial charge in [0, 0.05) is 18.2 Å². The average Bonchev–Trinajstić information content (AvgIpc) is 3.45. The lowest BCUT2D eigenvalue weighted by Gasteiger charge is -2.23. The number of carbonyl (C=O) groups is 1. The van der Waals surface area contributed by atoms with E-state index in [-0.39, 0.29) is 22.9 Å². The highest BCUT2D eigenvalue weighted by Crippen LogP contribution is 2.23. The quantitative estimate of drug-likeness (QED) is 0.712. The summed E-state index contributed by atoms with van der Waals surface area (Å²) in [5, 5.41) is 3.06. The summed E-state index contributed by atoms with van der Waals surface area (Å²) in [6.07, 6.45) is 1.73. The standard InChI is InChI=1S/C21H27N3O3S/c1-15-9-12-18(28(26,27)23-17-10-11-17)13-19(15)21(25)22-20(14-24(2)3)16-7-5-4-6-8-16/h4-9,12-13,17,20,23H,10-11,14H2,1-3H3,(H,22,25). The van der Waals surface area contributed by atoms with Gasteiger partial charge in [0.1, 0.15) is 0 Å². The maximum Gasteiger partial charge on any atom is 0.252 e. The van der Waals surface area contributed by atoms with Gasteiger partial charge in [-0.05, 0) is 57.1 Å². The van der Waals surface area contributed by atoms with Crippen molar-refractivity contribution in [2.24, 2.45) is 0 Å². The van der Waals surface area contributed by atoms with Crippen LogP contribution < -0.4 is 10.0 Å². The lowest BCUT2D eigenvalue weighted by atomic mass is 10.0. The summed E-state index contributed by atoms with van der Waals surface area (Å²) in [5.41, 5.74) is 2.11. The molecule has 1 atom stereocenters. The highest BCUT2D eigenvalue weighted by atomic mass is 32.2. The van der Waals surface area contributed by atoms with Crippen molar-refractivity contribution in [2.45, 2.75) is 36.7 Å². The van der Waals surface area contributed by atoms with E-state index in [4.69, 9.17) is 0 Å². The topological polar surface area (TPSA) is 78.5 Å². The van der Waals surface area contributed by atoms with E-state index in [2.05, 4.69) is 10.0 Å². The van der Waals surface area contributed by atoms with E-state index in [0.717, 1.165) is 24.0 Å². The molecule has 1 unspecified atom stereocenters. The van der Waals surface area contributed by atoms with E-state index in [1.54, 1.807) is 12.1 Å². The van der Waals surface area contributed by atoms with E-state index < -0.39 is 10.0 Å². The lowest BCUT2D eigenvalue weighted by Crippen LogP contribution is -2.35. The molecule has 1 saturated carbocycles. The number of rotatable bonds is 8. The molecule has 150 valence electrons. The zero-order chi connectivity index (χ0) is 20.3. The average molecular weight is 402 g/mol. The first kappa shape index (κ1) is 20.5. The molecule has 0 bridgehead atoms. The van der Waals surface area contributed by atoms with Gasteiger partial charge < -0.3 is 10.2 Å². The van der Waals surface area contributed by atoms with Crippen LogP contribution in [0.4, 0.5) is 0 Å². The fourth-order valence-electron chi connectivity index (χ4n) is 3.02. The summed E-state index contributed by atoms with van der Waals surface area (Å²) < 4.78 is 27.7. The van der Waals surface area contributed by atoms with Gasteiger partial charge in [0.25, 0.3) is 5.91 Å². The van der Waals surface area contributed by atoms with Crippen LogP contribution in [-0.2, 0) is 10.0 Å². The van der Waals surface area contributed by atoms with Crippen molar-refractivity contribution in [1.29, 1.82) is 0 Å². The SMILES string of the molecule is Cc1ccc(S(=O)(=O)NC2CC2)cc1C(=O)NC(CN(C)C)c1ccccc1. The molecule has 6 nitrogen and oxygen atoms in total. The third-order valence-electron chi connectivity index (χ3n) is 4.72. The summed E-state index contributed by atoms with van der Waals surface area (Å²) in [6.45, 7) is 2.44. The van der Waals surface area contributed by atoms with E-state index in [1.807, 2.05) is 56.3 Å². The second-order valence-corrected chi connectivity index (χ2v) is 9.29. The number of nitrogens with zero attached hydrogens (tertiary/aromatic N) is 1. The summed E-state index contributed by atoms with van der Waals surface area (Å²) in [6, 6.07) is 14.3. The third-order valence-corrected chi connectivity index (χ3v) is 6.24. The van der Waals surface area contributed by atoms with Crippen molar-refractivity contribution >= 4 is 15.9 Å². The number of nitrogens with one attached hydrogen (secondary N) is 2. The minimum absolute atomic E-state index is 0.0196. The first-order chi connectivity index (χ1) is 13.3.